The lowest BCUT2D eigenvalue weighted by molar-refractivity contribution is -0.123. The van der Waals surface area contributed by atoms with Crippen LogP contribution in [0.1, 0.15) is 60.1 Å². The number of amides is 1. The fourth-order valence-electron chi connectivity index (χ4n) is 2.32. The van der Waals surface area contributed by atoms with Crippen LogP contribution in [-0.4, -0.2) is 25.4 Å². The predicted octanol–water partition coefficient (Wildman–Crippen LogP) is 4.24. The number of carbonyl (C=O) groups excluding carboxylic acids is 1. The normalized spacial score (nSPS) is 14.4. The van der Waals surface area contributed by atoms with Crippen molar-refractivity contribution in [3.8, 4) is 11.3 Å². The summed E-state index contributed by atoms with van der Waals surface area (Å²) in [6.07, 6.45) is 0. The minimum atomic E-state index is -1.25. The average molecular weight is 403 g/mol. The zero-order valence-corrected chi connectivity index (χ0v) is 18.5. The van der Waals surface area contributed by atoms with E-state index in [9.17, 15) is 9.35 Å². The Bertz CT molecular complexity index is 813. The second-order valence-electron chi connectivity index (χ2n) is 8.82. The van der Waals surface area contributed by atoms with Crippen LogP contribution < -0.4 is 10.0 Å². The summed E-state index contributed by atoms with van der Waals surface area (Å²) < 4.78 is 15.3. The monoisotopic (exact) mass is 402 g/mol. The minimum Gasteiger partial charge on any atom is -0.598 e. The molecule has 7 heteroatoms. The topological polar surface area (TPSA) is 90.0 Å². The molecule has 2 aromatic rings. The van der Waals surface area contributed by atoms with Gasteiger partial charge in [0.25, 0.3) is 0 Å². The summed E-state index contributed by atoms with van der Waals surface area (Å²) in [5, 5.41) is 11.4. The molecule has 0 saturated carbocycles. The number of benzene rings is 1. The van der Waals surface area contributed by atoms with E-state index in [1.165, 1.54) is 0 Å². The fraction of sp³-hybridized carbons (Fsp3) is 0.476. The molecule has 2 unspecified atom stereocenters. The van der Waals surface area contributed by atoms with Crippen molar-refractivity contribution in [2.24, 2.45) is 5.41 Å². The molecule has 28 heavy (non-hydrogen) atoms. The molecule has 1 heterocycles. The van der Waals surface area contributed by atoms with Crippen molar-refractivity contribution < 1.29 is 9.35 Å². The van der Waals surface area contributed by atoms with Gasteiger partial charge in [-0.25, -0.2) is 0 Å². The summed E-state index contributed by atoms with van der Waals surface area (Å²) in [4.78, 5) is 12.3. The molecule has 0 aliphatic carbocycles. The van der Waals surface area contributed by atoms with E-state index in [1.807, 2.05) is 78.8 Å². The van der Waals surface area contributed by atoms with Crippen molar-refractivity contribution in [2.45, 2.75) is 59.3 Å². The predicted molar refractivity (Wildman–Crippen MR) is 115 cm³/mol. The summed E-state index contributed by atoms with van der Waals surface area (Å²) in [6, 6.07) is 11.3. The number of nitrogens with zero attached hydrogens (tertiary/aromatic N) is 2. The molecule has 0 radical (unpaired) electrons. The first-order valence-corrected chi connectivity index (χ1v) is 10.5. The molecule has 0 aliphatic rings. The van der Waals surface area contributed by atoms with Crippen LogP contribution in [0.3, 0.4) is 0 Å². The van der Waals surface area contributed by atoms with Gasteiger partial charge in [0.15, 0.2) is 5.82 Å². The molecule has 2 rings (SSSR count). The summed E-state index contributed by atoms with van der Waals surface area (Å²) in [6.45, 7) is 13.2. The molecule has 152 valence electrons. The third-order valence-corrected chi connectivity index (χ3v) is 5.78. The molecule has 1 aromatic carbocycles. The lowest BCUT2D eigenvalue weighted by Gasteiger charge is -2.27. The highest BCUT2D eigenvalue weighted by Gasteiger charge is 2.30. The van der Waals surface area contributed by atoms with Crippen molar-refractivity contribution in [3.05, 3.63) is 42.0 Å². The van der Waals surface area contributed by atoms with E-state index in [4.69, 9.17) is 0 Å². The van der Waals surface area contributed by atoms with Crippen molar-refractivity contribution in [1.82, 2.24) is 14.9 Å². The van der Waals surface area contributed by atoms with Gasteiger partial charge in [-0.15, -0.1) is 14.9 Å². The Morgan fingerprint density at radius 2 is 1.68 bits per heavy atom. The Labute approximate surface area is 170 Å². The van der Waals surface area contributed by atoms with E-state index in [1.54, 1.807) is 6.07 Å². The van der Waals surface area contributed by atoms with Gasteiger partial charge in [0, 0.05) is 27.9 Å². The largest absolute Gasteiger partial charge is 0.598 e. The highest BCUT2D eigenvalue weighted by atomic mass is 32.2. The summed E-state index contributed by atoms with van der Waals surface area (Å²) >= 11 is -1.25. The lowest BCUT2D eigenvalue weighted by atomic mass is 9.95. The van der Waals surface area contributed by atoms with Crippen LogP contribution in [0.25, 0.3) is 11.3 Å². The molecule has 2 atom stereocenters. The van der Waals surface area contributed by atoms with Crippen LogP contribution in [0.5, 0.6) is 0 Å². The van der Waals surface area contributed by atoms with Crippen LogP contribution in [0.15, 0.2) is 36.4 Å². The van der Waals surface area contributed by atoms with E-state index in [2.05, 4.69) is 20.2 Å². The van der Waals surface area contributed by atoms with Gasteiger partial charge in [-0.1, -0.05) is 51.1 Å². The first-order valence-electron chi connectivity index (χ1n) is 9.32. The highest BCUT2D eigenvalue weighted by molar-refractivity contribution is 7.90. The van der Waals surface area contributed by atoms with Gasteiger partial charge in [0.05, 0.1) is 11.7 Å². The maximum atomic E-state index is 12.6. The van der Waals surface area contributed by atoms with Gasteiger partial charge in [-0.3, -0.25) is 4.79 Å². The third kappa shape index (κ3) is 5.77. The Hall–Kier alpha value is -1.96. The van der Waals surface area contributed by atoms with E-state index >= 15 is 0 Å². The first kappa shape index (κ1) is 22.3. The summed E-state index contributed by atoms with van der Waals surface area (Å²) in [5.41, 5.74) is 1.88. The first-order chi connectivity index (χ1) is 12.9. The van der Waals surface area contributed by atoms with Crippen LogP contribution in [0.4, 0.5) is 5.82 Å². The Morgan fingerprint density at radius 1 is 1.07 bits per heavy atom. The lowest BCUT2D eigenvalue weighted by Crippen LogP contribution is -2.40. The molecular formula is C21H30N4O2S. The second kappa shape index (κ2) is 8.59. The van der Waals surface area contributed by atoms with Crippen molar-refractivity contribution >= 4 is 23.1 Å². The summed E-state index contributed by atoms with van der Waals surface area (Å²) in [7, 11) is 0. The van der Waals surface area contributed by atoms with Crippen molar-refractivity contribution in [2.75, 3.05) is 5.32 Å². The number of rotatable bonds is 5. The van der Waals surface area contributed by atoms with Crippen LogP contribution in [0, 0.1) is 5.41 Å². The number of hydrogen-bond acceptors (Lipinski definition) is 5. The molecule has 1 amide bonds. The smallest absolute Gasteiger partial charge is 0.230 e. The third-order valence-electron chi connectivity index (χ3n) is 4.10. The van der Waals surface area contributed by atoms with Crippen molar-refractivity contribution in [3.63, 3.8) is 0 Å². The second-order valence-corrected chi connectivity index (χ2v) is 10.8. The highest BCUT2D eigenvalue weighted by Crippen LogP contribution is 2.29. The van der Waals surface area contributed by atoms with E-state index in [0.717, 1.165) is 11.1 Å². The Kier molecular flexibility index (Phi) is 6.85. The van der Waals surface area contributed by atoms with E-state index < -0.39 is 21.5 Å². The van der Waals surface area contributed by atoms with Gasteiger partial charge in [0.1, 0.15) is 4.75 Å². The maximum Gasteiger partial charge on any atom is 0.230 e. The van der Waals surface area contributed by atoms with Crippen molar-refractivity contribution in [1.29, 1.82) is 0 Å². The van der Waals surface area contributed by atoms with Crippen LogP contribution in [0.2, 0.25) is 0 Å². The molecule has 0 spiro atoms. The number of hydrogen-bond donors (Lipinski definition) is 2. The zero-order valence-electron chi connectivity index (χ0n) is 17.7. The standard InChI is InChI=1S/C21H30N4O2S/c1-14(25-28(27)21(5,6)7)16-13-17(22-19(26)20(2,3)4)23-24-18(16)15-11-9-8-10-12-15/h8-14,25H,1-7H3,(H,22,23,26). The zero-order chi connectivity index (χ0) is 21.1. The molecule has 0 saturated heterocycles. The van der Waals surface area contributed by atoms with Gasteiger partial charge < -0.3 is 9.87 Å². The summed E-state index contributed by atoms with van der Waals surface area (Å²) in [5.74, 6) is 0.240. The number of carbonyl (C=O) groups is 1. The fourth-order valence-corrected chi connectivity index (χ4v) is 3.12. The molecule has 2 N–H and O–H groups in total. The number of aromatic nitrogens is 2. The van der Waals surface area contributed by atoms with Gasteiger partial charge in [-0.05, 0) is 33.8 Å². The van der Waals surface area contributed by atoms with Gasteiger partial charge >= 0.3 is 0 Å². The van der Waals surface area contributed by atoms with E-state index in [0.29, 0.717) is 11.5 Å². The molecule has 0 aliphatic heterocycles. The SMILES string of the molecule is CC(N[S+]([O-])C(C)(C)C)c1cc(NC(=O)C(C)(C)C)nnc1-c1ccccc1. The van der Waals surface area contributed by atoms with Gasteiger partial charge in [0.2, 0.25) is 5.91 Å². The molecule has 1 aromatic heterocycles. The Morgan fingerprint density at radius 3 is 2.21 bits per heavy atom. The number of anilines is 1. The maximum absolute atomic E-state index is 12.6. The van der Waals surface area contributed by atoms with Gasteiger partial charge in [-0.2, -0.15) is 0 Å². The number of nitrogens with one attached hydrogen (secondary N) is 2. The van der Waals surface area contributed by atoms with Crippen LogP contribution in [-0.2, 0) is 16.2 Å². The minimum absolute atomic E-state index is 0.140. The molecule has 6 nitrogen and oxygen atoms in total. The van der Waals surface area contributed by atoms with E-state index in [-0.39, 0.29) is 11.9 Å². The molecule has 0 fully saturated rings. The van der Waals surface area contributed by atoms with Crippen LogP contribution >= 0.6 is 0 Å². The molecular weight excluding hydrogens is 372 g/mol. The quantitative estimate of drug-likeness (QED) is 0.730. The molecule has 0 bridgehead atoms. The average Bonchev–Trinajstić information content (AvgIpc) is 2.60. The Balaban J connectivity index is 2.42.